The molecule has 0 radical (unpaired) electrons. The van der Waals surface area contributed by atoms with E-state index in [1.165, 1.54) is 11.6 Å². The van der Waals surface area contributed by atoms with Gasteiger partial charge in [0.2, 0.25) is 5.78 Å². The first-order valence-corrected chi connectivity index (χ1v) is 10.1. The summed E-state index contributed by atoms with van der Waals surface area (Å²) in [5.41, 5.74) is 3.02. The molecule has 3 heterocycles. The minimum absolute atomic E-state index is 0.372. The van der Waals surface area contributed by atoms with Crippen molar-refractivity contribution < 1.29 is 4.74 Å². The van der Waals surface area contributed by atoms with Gasteiger partial charge in [-0.05, 0) is 42.3 Å². The second-order valence-electron chi connectivity index (χ2n) is 7.78. The van der Waals surface area contributed by atoms with Crippen LogP contribution in [0, 0.1) is 6.92 Å². The van der Waals surface area contributed by atoms with Crippen molar-refractivity contribution in [3.05, 3.63) is 80.5 Å². The number of hydrogen-bond acceptors (Lipinski definition) is 5. The average molecular weight is 430 g/mol. The van der Waals surface area contributed by atoms with Crippen LogP contribution in [0.15, 0.2) is 58.1 Å². The van der Waals surface area contributed by atoms with Crippen LogP contribution in [0.25, 0.3) is 28.3 Å². The van der Waals surface area contributed by atoms with Gasteiger partial charge in [-0.25, -0.2) is 9.20 Å². The lowest BCUT2D eigenvalue weighted by molar-refractivity contribution is 0.415. The Kier molecular flexibility index (Phi) is 4.47. The van der Waals surface area contributed by atoms with Gasteiger partial charge in [-0.1, -0.05) is 24.3 Å². The summed E-state index contributed by atoms with van der Waals surface area (Å²) in [4.78, 5) is 26.0. The number of benzene rings is 2. The molecule has 162 valence electrons. The molecule has 5 rings (SSSR count). The van der Waals surface area contributed by atoms with E-state index < -0.39 is 5.69 Å². The zero-order chi connectivity index (χ0) is 22.6. The molecule has 0 saturated heterocycles. The van der Waals surface area contributed by atoms with Gasteiger partial charge in [0, 0.05) is 19.7 Å². The highest BCUT2D eigenvalue weighted by Crippen LogP contribution is 2.26. The third kappa shape index (κ3) is 2.78. The van der Waals surface area contributed by atoms with E-state index in [4.69, 9.17) is 4.74 Å². The van der Waals surface area contributed by atoms with Crippen LogP contribution in [0.4, 0.5) is 0 Å². The molecule has 0 atom stereocenters. The fourth-order valence-corrected chi connectivity index (χ4v) is 4.09. The lowest BCUT2D eigenvalue weighted by Gasteiger charge is -2.09. The van der Waals surface area contributed by atoms with Gasteiger partial charge in [0.15, 0.2) is 17.0 Å². The molecular weight excluding hydrogens is 408 g/mol. The number of ether oxygens (including phenoxy) is 1. The first-order valence-electron chi connectivity index (χ1n) is 10.1. The van der Waals surface area contributed by atoms with Crippen LogP contribution in [0.1, 0.15) is 11.1 Å². The van der Waals surface area contributed by atoms with Gasteiger partial charge < -0.3 is 4.74 Å². The highest BCUT2D eigenvalue weighted by molar-refractivity contribution is 5.80. The van der Waals surface area contributed by atoms with Gasteiger partial charge in [-0.3, -0.25) is 18.5 Å². The molecule has 5 aromatic rings. The summed E-state index contributed by atoms with van der Waals surface area (Å²) in [6.07, 6.45) is 0. The van der Waals surface area contributed by atoms with Gasteiger partial charge in [0.05, 0.1) is 13.7 Å². The molecule has 0 N–H and O–H groups in total. The van der Waals surface area contributed by atoms with Crippen molar-refractivity contribution in [3.63, 3.8) is 0 Å². The quantitative estimate of drug-likeness (QED) is 0.436. The van der Waals surface area contributed by atoms with Crippen LogP contribution in [0.5, 0.6) is 5.75 Å². The Hall–Kier alpha value is -4.14. The van der Waals surface area contributed by atoms with Crippen molar-refractivity contribution in [2.24, 2.45) is 14.1 Å². The fourth-order valence-electron chi connectivity index (χ4n) is 4.09. The number of imidazole rings is 1. The Morgan fingerprint density at radius 2 is 1.66 bits per heavy atom. The summed E-state index contributed by atoms with van der Waals surface area (Å²) in [6, 6.07) is 15.4. The number of methoxy groups -OCH3 is 1. The average Bonchev–Trinajstić information content (AvgIpc) is 3.37. The highest BCUT2D eigenvalue weighted by atomic mass is 16.5. The van der Waals surface area contributed by atoms with Crippen molar-refractivity contribution in [1.82, 2.24) is 28.3 Å². The topological polar surface area (TPSA) is 88.3 Å². The maximum absolute atomic E-state index is 13.2. The first kappa shape index (κ1) is 19.8. The normalized spacial score (nSPS) is 11.5. The molecule has 32 heavy (non-hydrogen) atoms. The Labute approximate surface area is 182 Å². The molecule has 0 amide bonds. The molecule has 0 saturated carbocycles. The van der Waals surface area contributed by atoms with Gasteiger partial charge in [0.25, 0.3) is 5.56 Å². The molecular formula is C23H22N6O3. The maximum Gasteiger partial charge on any atom is 0.332 e. The summed E-state index contributed by atoms with van der Waals surface area (Å²) in [7, 11) is 4.75. The number of aryl methyl sites for hydroxylation is 2. The monoisotopic (exact) mass is 430 g/mol. The number of aromatic nitrogens is 6. The summed E-state index contributed by atoms with van der Waals surface area (Å²) in [5, 5.41) is 8.83. The molecule has 2 aromatic carbocycles. The summed E-state index contributed by atoms with van der Waals surface area (Å²) < 4.78 is 11.5. The van der Waals surface area contributed by atoms with E-state index in [1.54, 1.807) is 18.6 Å². The van der Waals surface area contributed by atoms with Crippen molar-refractivity contribution >= 4 is 16.9 Å². The summed E-state index contributed by atoms with van der Waals surface area (Å²) >= 11 is 0. The van der Waals surface area contributed by atoms with E-state index in [0.29, 0.717) is 29.3 Å². The maximum atomic E-state index is 13.2. The molecule has 9 heteroatoms. The smallest absolute Gasteiger partial charge is 0.332 e. The van der Waals surface area contributed by atoms with Crippen molar-refractivity contribution in [2.75, 3.05) is 7.11 Å². The Balaban J connectivity index is 1.89. The molecule has 0 spiro atoms. The summed E-state index contributed by atoms with van der Waals surface area (Å²) in [5.74, 6) is 1.75. The van der Waals surface area contributed by atoms with Crippen LogP contribution in [0.3, 0.4) is 0 Å². The van der Waals surface area contributed by atoms with Crippen molar-refractivity contribution in [2.45, 2.75) is 13.5 Å². The molecule has 0 aliphatic rings. The lowest BCUT2D eigenvalue weighted by Crippen LogP contribution is -2.37. The fraction of sp³-hybridized carbons (Fsp3) is 0.217. The standard InChI is InChI=1S/C23H22N6O3/c1-14-7-5-6-8-16(14)13-28-18-20(26(2)23(31)27(3)21(18)30)29-19(24-25-22(28)29)15-9-11-17(32-4)12-10-15/h5-12H,13H2,1-4H3. The van der Waals surface area contributed by atoms with Crippen LogP contribution in [0.2, 0.25) is 0 Å². The Morgan fingerprint density at radius 1 is 0.938 bits per heavy atom. The molecule has 9 nitrogen and oxygen atoms in total. The van der Waals surface area contributed by atoms with Crippen molar-refractivity contribution in [3.8, 4) is 17.1 Å². The first-order chi connectivity index (χ1) is 15.4. The SMILES string of the molecule is COc1ccc(-c2nnc3n(Cc4ccccc4C)c4c(=O)n(C)c(=O)n(C)c4n23)cc1. The number of rotatable bonds is 4. The predicted molar refractivity (Wildman–Crippen MR) is 121 cm³/mol. The third-order valence-corrected chi connectivity index (χ3v) is 5.92. The van der Waals surface area contributed by atoms with Gasteiger partial charge in [0.1, 0.15) is 5.75 Å². The van der Waals surface area contributed by atoms with E-state index in [1.807, 2.05) is 60.0 Å². The summed E-state index contributed by atoms with van der Waals surface area (Å²) in [6.45, 7) is 2.45. The van der Waals surface area contributed by atoms with Crippen molar-refractivity contribution in [1.29, 1.82) is 0 Å². The molecule has 3 aromatic heterocycles. The van der Waals surface area contributed by atoms with Crippen LogP contribution >= 0.6 is 0 Å². The van der Waals surface area contributed by atoms with Gasteiger partial charge >= 0.3 is 5.69 Å². The van der Waals surface area contributed by atoms with E-state index in [-0.39, 0.29) is 5.56 Å². The number of nitrogens with zero attached hydrogens (tertiary/aromatic N) is 6. The zero-order valence-corrected chi connectivity index (χ0v) is 18.2. The molecule has 0 aliphatic carbocycles. The number of fused-ring (bicyclic) bond motifs is 3. The zero-order valence-electron chi connectivity index (χ0n) is 18.2. The van der Waals surface area contributed by atoms with E-state index in [0.717, 1.165) is 27.0 Å². The van der Waals surface area contributed by atoms with E-state index >= 15 is 0 Å². The Morgan fingerprint density at radius 3 is 2.34 bits per heavy atom. The van der Waals surface area contributed by atoms with E-state index in [2.05, 4.69) is 10.2 Å². The predicted octanol–water partition coefficient (Wildman–Crippen LogP) is 2.11. The second-order valence-corrected chi connectivity index (χ2v) is 7.78. The molecule has 0 bridgehead atoms. The molecule has 0 aliphatic heterocycles. The second kappa shape index (κ2) is 7.23. The van der Waals surface area contributed by atoms with Crippen LogP contribution in [-0.2, 0) is 20.6 Å². The Bertz CT molecular complexity index is 1600. The molecule has 0 fully saturated rings. The van der Waals surface area contributed by atoms with Gasteiger partial charge in [-0.2, -0.15) is 0 Å². The third-order valence-electron chi connectivity index (χ3n) is 5.92. The van der Waals surface area contributed by atoms with Gasteiger partial charge in [-0.15, -0.1) is 10.2 Å². The minimum Gasteiger partial charge on any atom is -0.497 e. The minimum atomic E-state index is -0.410. The highest BCUT2D eigenvalue weighted by Gasteiger charge is 2.24. The number of hydrogen-bond donors (Lipinski definition) is 0. The van der Waals surface area contributed by atoms with Crippen LogP contribution in [-0.4, -0.2) is 35.4 Å². The van der Waals surface area contributed by atoms with Crippen LogP contribution < -0.4 is 16.0 Å². The largest absolute Gasteiger partial charge is 0.497 e. The lowest BCUT2D eigenvalue weighted by atomic mass is 10.1. The van der Waals surface area contributed by atoms with E-state index in [9.17, 15) is 9.59 Å². The molecule has 0 unspecified atom stereocenters.